The Labute approximate surface area is 150 Å². The van der Waals surface area contributed by atoms with E-state index in [1.165, 1.54) is 0 Å². The van der Waals surface area contributed by atoms with E-state index >= 15 is 0 Å². The number of carbonyl (C=O) groups is 1. The van der Waals surface area contributed by atoms with E-state index in [4.69, 9.17) is 9.47 Å². The second kappa shape index (κ2) is 10.6. The first-order valence-corrected chi connectivity index (χ1v) is 8.32. The number of nitrogens with one attached hydrogen (secondary N) is 3. The molecule has 0 saturated carbocycles. The highest BCUT2D eigenvalue weighted by atomic mass is 16.6. The molecule has 1 rings (SSSR count). The van der Waals surface area contributed by atoms with Gasteiger partial charge in [0.05, 0.1) is 6.61 Å². The molecule has 0 saturated heterocycles. The van der Waals surface area contributed by atoms with E-state index in [2.05, 4.69) is 27.0 Å². The SMILES string of the molecule is CN=C(NCCNC(=O)OC(C)(C)C)NCc1cccc(COC)c1. The molecule has 7 heteroatoms. The van der Waals surface area contributed by atoms with Crippen LogP contribution in [0.2, 0.25) is 0 Å². The molecule has 0 aliphatic heterocycles. The van der Waals surface area contributed by atoms with Gasteiger partial charge in [-0.3, -0.25) is 4.99 Å². The molecule has 0 unspecified atom stereocenters. The number of hydrogen-bond acceptors (Lipinski definition) is 4. The second-order valence-electron chi connectivity index (χ2n) is 6.53. The van der Waals surface area contributed by atoms with Gasteiger partial charge in [0.15, 0.2) is 5.96 Å². The maximum Gasteiger partial charge on any atom is 0.407 e. The molecule has 0 aromatic heterocycles. The molecule has 0 aliphatic rings. The van der Waals surface area contributed by atoms with E-state index in [0.717, 1.165) is 11.1 Å². The number of rotatable bonds is 7. The molecule has 0 aliphatic carbocycles. The number of hydrogen-bond donors (Lipinski definition) is 3. The van der Waals surface area contributed by atoms with E-state index in [1.54, 1.807) is 14.2 Å². The van der Waals surface area contributed by atoms with Crippen molar-refractivity contribution in [2.75, 3.05) is 27.2 Å². The molecule has 0 bridgehead atoms. The Bertz CT molecular complexity index is 568. The maximum absolute atomic E-state index is 11.6. The number of alkyl carbamates (subject to hydrolysis) is 1. The topological polar surface area (TPSA) is 84.0 Å². The fraction of sp³-hybridized carbons (Fsp3) is 0.556. The highest BCUT2D eigenvalue weighted by Crippen LogP contribution is 2.06. The Hall–Kier alpha value is -2.28. The number of amides is 1. The van der Waals surface area contributed by atoms with Crippen LogP contribution in [0.3, 0.4) is 0 Å². The molecule has 1 amide bonds. The van der Waals surface area contributed by atoms with Gasteiger partial charge in [-0.05, 0) is 31.9 Å². The first-order chi connectivity index (χ1) is 11.8. The predicted octanol–water partition coefficient (Wildman–Crippen LogP) is 2.02. The Morgan fingerprint density at radius 1 is 1.12 bits per heavy atom. The fourth-order valence-corrected chi connectivity index (χ4v) is 2.06. The summed E-state index contributed by atoms with van der Waals surface area (Å²) >= 11 is 0. The molecule has 3 N–H and O–H groups in total. The predicted molar refractivity (Wildman–Crippen MR) is 99.6 cm³/mol. The van der Waals surface area contributed by atoms with Crippen molar-refractivity contribution in [2.24, 2.45) is 4.99 Å². The summed E-state index contributed by atoms with van der Waals surface area (Å²) in [6, 6.07) is 8.17. The van der Waals surface area contributed by atoms with E-state index in [9.17, 15) is 4.79 Å². The van der Waals surface area contributed by atoms with Crippen molar-refractivity contribution < 1.29 is 14.3 Å². The Balaban J connectivity index is 2.31. The van der Waals surface area contributed by atoms with Gasteiger partial charge in [0, 0.05) is 33.8 Å². The lowest BCUT2D eigenvalue weighted by atomic mass is 10.1. The summed E-state index contributed by atoms with van der Waals surface area (Å²) in [5, 5.41) is 9.07. The van der Waals surface area contributed by atoms with Crippen LogP contribution in [-0.2, 0) is 22.6 Å². The number of ether oxygens (including phenoxy) is 2. The third-order valence-electron chi connectivity index (χ3n) is 3.07. The van der Waals surface area contributed by atoms with Crippen molar-refractivity contribution in [3.63, 3.8) is 0 Å². The zero-order valence-corrected chi connectivity index (χ0v) is 15.8. The first-order valence-electron chi connectivity index (χ1n) is 8.32. The molecule has 1 aromatic carbocycles. The first kappa shape index (κ1) is 20.8. The molecule has 0 spiro atoms. The number of carbonyl (C=O) groups excluding carboxylic acids is 1. The van der Waals surface area contributed by atoms with Crippen LogP contribution in [0.1, 0.15) is 31.9 Å². The van der Waals surface area contributed by atoms with Gasteiger partial charge in [-0.2, -0.15) is 0 Å². The highest BCUT2D eigenvalue weighted by molar-refractivity contribution is 5.79. The molecule has 1 aromatic rings. The standard InChI is InChI=1S/C18H30N4O3/c1-18(2,3)25-17(23)21-10-9-20-16(19-4)22-12-14-7-6-8-15(11-14)13-24-5/h6-8,11H,9-10,12-13H2,1-5H3,(H,21,23)(H2,19,20,22). The third kappa shape index (κ3) is 9.56. The molecule has 140 valence electrons. The van der Waals surface area contributed by atoms with Crippen LogP contribution in [0, 0.1) is 0 Å². The monoisotopic (exact) mass is 350 g/mol. The molecule has 25 heavy (non-hydrogen) atoms. The van der Waals surface area contributed by atoms with E-state index < -0.39 is 11.7 Å². The lowest BCUT2D eigenvalue weighted by molar-refractivity contribution is 0.0529. The van der Waals surface area contributed by atoms with E-state index in [-0.39, 0.29) is 0 Å². The summed E-state index contributed by atoms with van der Waals surface area (Å²) < 4.78 is 10.3. The summed E-state index contributed by atoms with van der Waals surface area (Å²) in [5.41, 5.74) is 1.78. The van der Waals surface area contributed by atoms with Crippen molar-refractivity contribution in [3.05, 3.63) is 35.4 Å². The van der Waals surface area contributed by atoms with Gasteiger partial charge < -0.3 is 25.4 Å². The van der Waals surface area contributed by atoms with Gasteiger partial charge in [0.1, 0.15) is 5.60 Å². The average molecular weight is 350 g/mol. The third-order valence-corrected chi connectivity index (χ3v) is 3.07. The zero-order valence-electron chi connectivity index (χ0n) is 15.8. The van der Waals surface area contributed by atoms with Crippen LogP contribution >= 0.6 is 0 Å². The van der Waals surface area contributed by atoms with Gasteiger partial charge in [-0.15, -0.1) is 0 Å². The largest absolute Gasteiger partial charge is 0.444 e. The molecule has 0 heterocycles. The van der Waals surface area contributed by atoms with Gasteiger partial charge >= 0.3 is 6.09 Å². The van der Waals surface area contributed by atoms with Crippen LogP contribution in [0.15, 0.2) is 29.3 Å². The summed E-state index contributed by atoms with van der Waals surface area (Å²) in [6.07, 6.45) is -0.424. The van der Waals surface area contributed by atoms with Gasteiger partial charge in [0.25, 0.3) is 0 Å². The molecule has 7 nitrogen and oxygen atoms in total. The molecule has 0 atom stereocenters. The minimum atomic E-state index is -0.494. The molecule has 0 fully saturated rings. The summed E-state index contributed by atoms with van der Waals surface area (Å²) in [6.45, 7) is 7.73. The molecular weight excluding hydrogens is 320 g/mol. The quantitative estimate of drug-likeness (QED) is 0.398. The number of guanidine groups is 1. The smallest absolute Gasteiger partial charge is 0.407 e. The lowest BCUT2D eigenvalue weighted by Gasteiger charge is -2.20. The maximum atomic E-state index is 11.6. The van der Waals surface area contributed by atoms with E-state index in [1.807, 2.05) is 39.0 Å². The van der Waals surface area contributed by atoms with Crippen molar-refractivity contribution in [2.45, 2.75) is 39.5 Å². The van der Waals surface area contributed by atoms with Crippen LogP contribution in [0.25, 0.3) is 0 Å². The zero-order chi connectivity index (χ0) is 18.7. The van der Waals surface area contributed by atoms with Crippen LogP contribution in [-0.4, -0.2) is 44.9 Å². The van der Waals surface area contributed by atoms with Crippen molar-refractivity contribution in [3.8, 4) is 0 Å². The summed E-state index contributed by atoms with van der Waals surface area (Å²) in [7, 11) is 3.39. The normalized spacial score (nSPS) is 11.8. The second-order valence-corrected chi connectivity index (χ2v) is 6.53. The van der Waals surface area contributed by atoms with Gasteiger partial charge in [-0.25, -0.2) is 4.79 Å². The minimum Gasteiger partial charge on any atom is -0.444 e. The Morgan fingerprint density at radius 2 is 1.80 bits per heavy atom. The number of benzene rings is 1. The van der Waals surface area contributed by atoms with Gasteiger partial charge in [-0.1, -0.05) is 24.3 Å². The van der Waals surface area contributed by atoms with Crippen LogP contribution < -0.4 is 16.0 Å². The number of aliphatic imine (C=N–C) groups is 1. The van der Waals surface area contributed by atoms with Crippen molar-refractivity contribution >= 4 is 12.1 Å². The molecular formula is C18H30N4O3. The minimum absolute atomic E-state index is 0.424. The number of nitrogens with zero attached hydrogens (tertiary/aromatic N) is 1. The summed E-state index contributed by atoms with van der Waals surface area (Å²) in [4.78, 5) is 15.7. The number of methoxy groups -OCH3 is 1. The Morgan fingerprint density at radius 3 is 2.44 bits per heavy atom. The average Bonchev–Trinajstić information content (AvgIpc) is 2.53. The fourth-order valence-electron chi connectivity index (χ4n) is 2.06. The lowest BCUT2D eigenvalue weighted by Crippen LogP contribution is -2.42. The van der Waals surface area contributed by atoms with E-state index in [0.29, 0.717) is 32.2 Å². The van der Waals surface area contributed by atoms with Crippen LogP contribution in [0.4, 0.5) is 4.79 Å². The molecule has 0 radical (unpaired) electrons. The van der Waals surface area contributed by atoms with Crippen molar-refractivity contribution in [1.82, 2.24) is 16.0 Å². The summed E-state index contributed by atoms with van der Waals surface area (Å²) in [5.74, 6) is 0.670. The van der Waals surface area contributed by atoms with Crippen molar-refractivity contribution in [1.29, 1.82) is 0 Å². The Kier molecular flexibility index (Phi) is 8.77. The van der Waals surface area contributed by atoms with Crippen LogP contribution in [0.5, 0.6) is 0 Å². The highest BCUT2D eigenvalue weighted by Gasteiger charge is 2.15. The van der Waals surface area contributed by atoms with Gasteiger partial charge in [0.2, 0.25) is 0 Å².